The number of carbonyl (C=O) groups is 2. The Kier molecular flexibility index (Phi) is 5.13. The number of benzene rings is 1. The molecule has 3 heterocycles. The molecule has 2 fully saturated rings. The molecule has 7 heteroatoms. The van der Waals surface area contributed by atoms with Crippen molar-refractivity contribution in [2.24, 2.45) is 11.8 Å². The Bertz CT molecular complexity index is 730. The maximum Gasteiger partial charge on any atom is 0.315 e. The second-order valence-electron chi connectivity index (χ2n) is 7.21. The number of amides is 1. The number of hydrazine groups is 1. The minimum Gasteiger partial charge on any atom is -0.466 e. The molecule has 0 aromatic heterocycles. The zero-order chi connectivity index (χ0) is 18.8. The van der Waals surface area contributed by atoms with Crippen molar-refractivity contribution in [1.82, 2.24) is 21.1 Å². The zero-order valence-corrected chi connectivity index (χ0v) is 15.5. The lowest BCUT2D eigenvalue weighted by molar-refractivity contribution is -0.150. The molecule has 0 aliphatic carbocycles. The van der Waals surface area contributed by atoms with Crippen molar-refractivity contribution >= 4 is 11.9 Å². The number of piperidine rings is 1. The molecule has 2 saturated heterocycles. The number of nitrogens with one attached hydrogen (secondary N) is 3. The van der Waals surface area contributed by atoms with Crippen LogP contribution < -0.4 is 16.1 Å². The molecule has 1 aromatic carbocycles. The van der Waals surface area contributed by atoms with Crippen LogP contribution in [0.1, 0.15) is 31.4 Å². The normalized spacial score (nSPS) is 28.3. The Labute approximate surface area is 159 Å². The summed E-state index contributed by atoms with van der Waals surface area (Å²) >= 11 is 0. The summed E-state index contributed by atoms with van der Waals surface area (Å²) in [5.41, 5.74) is 5.47. The van der Waals surface area contributed by atoms with Crippen LogP contribution in [0, 0.1) is 11.8 Å². The first-order valence-corrected chi connectivity index (χ1v) is 9.69. The Morgan fingerprint density at radius 2 is 1.96 bits per heavy atom. The maximum absolute atomic E-state index is 12.8. The molecule has 0 saturated carbocycles. The van der Waals surface area contributed by atoms with Gasteiger partial charge in [0.1, 0.15) is 12.1 Å². The van der Waals surface area contributed by atoms with E-state index in [0.717, 1.165) is 37.2 Å². The van der Waals surface area contributed by atoms with Gasteiger partial charge >= 0.3 is 5.97 Å². The molecule has 3 N–H and O–H groups in total. The molecule has 3 aliphatic rings. The van der Waals surface area contributed by atoms with Crippen LogP contribution >= 0.6 is 0 Å². The Morgan fingerprint density at radius 1 is 1.22 bits per heavy atom. The van der Waals surface area contributed by atoms with E-state index in [9.17, 15) is 9.59 Å². The number of hydrogen-bond acceptors (Lipinski definition) is 6. The van der Waals surface area contributed by atoms with Gasteiger partial charge in [-0.15, -0.1) is 0 Å². The second kappa shape index (κ2) is 7.70. The SMILES string of the molecule is CCOC(=O)C1C(c2ccccc2)NN2C(C3CCNCC3)=CC(=O)NC12. The summed E-state index contributed by atoms with van der Waals surface area (Å²) < 4.78 is 5.36. The predicted octanol–water partition coefficient (Wildman–Crippen LogP) is 1.07. The number of hydrogen-bond donors (Lipinski definition) is 3. The van der Waals surface area contributed by atoms with Crippen molar-refractivity contribution in [1.29, 1.82) is 0 Å². The molecule has 3 unspecified atom stereocenters. The summed E-state index contributed by atoms with van der Waals surface area (Å²) in [6, 6.07) is 9.61. The molecule has 3 atom stereocenters. The number of carbonyl (C=O) groups excluding carboxylic acids is 2. The summed E-state index contributed by atoms with van der Waals surface area (Å²) in [5.74, 6) is -0.654. The van der Waals surface area contributed by atoms with Crippen LogP contribution in [0.15, 0.2) is 42.1 Å². The van der Waals surface area contributed by atoms with Gasteiger partial charge in [0.15, 0.2) is 0 Å². The van der Waals surface area contributed by atoms with Gasteiger partial charge in [-0.05, 0) is 38.4 Å². The quantitative estimate of drug-likeness (QED) is 0.688. The van der Waals surface area contributed by atoms with Gasteiger partial charge in [-0.2, -0.15) is 0 Å². The molecule has 1 aromatic rings. The fraction of sp³-hybridized carbons (Fsp3) is 0.500. The largest absolute Gasteiger partial charge is 0.466 e. The molecule has 144 valence electrons. The molecule has 27 heavy (non-hydrogen) atoms. The van der Waals surface area contributed by atoms with Crippen molar-refractivity contribution in [3.63, 3.8) is 0 Å². The van der Waals surface area contributed by atoms with E-state index >= 15 is 0 Å². The van der Waals surface area contributed by atoms with Gasteiger partial charge in [0.2, 0.25) is 5.91 Å². The minimum atomic E-state index is -0.512. The molecule has 3 aliphatic heterocycles. The van der Waals surface area contributed by atoms with E-state index < -0.39 is 12.1 Å². The van der Waals surface area contributed by atoms with Crippen molar-refractivity contribution in [2.45, 2.75) is 32.0 Å². The van der Waals surface area contributed by atoms with Crippen molar-refractivity contribution < 1.29 is 14.3 Å². The fourth-order valence-corrected chi connectivity index (χ4v) is 4.31. The maximum atomic E-state index is 12.8. The highest BCUT2D eigenvalue weighted by atomic mass is 16.5. The first-order valence-electron chi connectivity index (χ1n) is 9.69. The van der Waals surface area contributed by atoms with E-state index in [4.69, 9.17) is 4.74 Å². The van der Waals surface area contributed by atoms with E-state index in [-0.39, 0.29) is 17.9 Å². The van der Waals surface area contributed by atoms with Crippen molar-refractivity contribution in [3.8, 4) is 0 Å². The van der Waals surface area contributed by atoms with Crippen LogP contribution in [0.2, 0.25) is 0 Å². The number of fused-ring (bicyclic) bond motifs is 1. The van der Waals surface area contributed by atoms with Crippen LogP contribution in [-0.4, -0.2) is 42.7 Å². The average Bonchev–Trinajstić information content (AvgIpc) is 3.08. The first-order chi connectivity index (χ1) is 13.2. The van der Waals surface area contributed by atoms with E-state index in [1.165, 1.54) is 0 Å². The Hall–Kier alpha value is -2.38. The van der Waals surface area contributed by atoms with Crippen LogP contribution in [0.25, 0.3) is 0 Å². The first kappa shape index (κ1) is 18.0. The molecule has 4 rings (SSSR count). The zero-order valence-electron chi connectivity index (χ0n) is 15.5. The van der Waals surface area contributed by atoms with Gasteiger partial charge in [0.05, 0.1) is 12.6 Å². The highest BCUT2D eigenvalue weighted by Crippen LogP contribution is 2.39. The Balaban J connectivity index is 1.68. The van der Waals surface area contributed by atoms with E-state index in [1.807, 2.05) is 35.3 Å². The van der Waals surface area contributed by atoms with Gasteiger partial charge < -0.3 is 15.4 Å². The topological polar surface area (TPSA) is 82.7 Å². The van der Waals surface area contributed by atoms with Gasteiger partial charge in [-0.3, -0.25) is 14.6 Å². The van der Waals surface area contributed by atoms with E-state index in [0.29, 0.717) is 12.5 Å². The predicted molar refractivity (Wildman–Crippen MR) is 99.9 cm³/mol. The highest BCUT2D eigenvalue weighted by Gasteiger charge is 2.51. The average molecular weight is 370 g/mol. The molecule has 7 nitrogen and oxygen atoms in total. The highest BCUT2D eigenvalue weighted by molar-refractivity contribution is 5.90. The van der Waals surface area contributed by atoms with Crippen LogP contribution in [0.4, 0.5) is 0 Å². The second-order valence-corrected chi connectivity index (χ2v) is 7.21. The van der Waals surface area contributed by atoms with Gasteiger partial charge in [-0.1, -0.05) is 30.3 Å². The van der Waals surface area contributed by atoms with Gasteiger partial charge in [0.25, 0.3) is 0 Å². The number of nitrogens with zero attached hydrogens (tertiary/aromatic N) is 1. The number of allylic oxidation sites excluding steroid dienone is 1. The fourth-order valence-electron chi connectivity index (χ4n) is 4.31. The number of ether oxygens (including phenoxy) is 1. The van der Waals surface area contributed by atoms with Crippen LogP contribution in [0.5, 0.6) is 0 Å². The van der Waals surface area contributed by atoms with Crippen molar-refractivity contribution in [2.75, 3.05) is 19.7 Å². The van der Waals surface area contributed by atoms with Crippen LogP contribution in [0.3, 0.4) is 0 Å². The summed E-state index contributed by atoms with van der Waals surface area (Å²) in [4.78, 5) is 25.2. The molecule has 1 amide bonds. The molecule has 0 radical (unpaired) electrons. The van der Waals surface area contributed by atoms with Crippen LogP contribution in [-0.2, 0) is 14.3 Å². The summed E-state index contributed by atoms with van der Waals surface area (Å²) in [7, 11) is 0. The molecule has 0 bridgehead atoms. The smallest absolute Gasteiger partial charge is 0.315 e. The molecule has 0 spiro atoms. The third kappa shape index (κ3) is 3.44. The van der Waals surface area contributed by atoms with E-state index in [2.05, 4.69) is 16.1 Å². The minimum absolute atomic E-state index is 0.144. The lowest BCUT2D eigenvalue weighted by Gasteiger charge is -2.38. The lowest BCUT2D eigenvalue weighted by Crippen LogP contribution is -2.55. The van der Waals surface area contributed by atoms with Crippen molar-refractivity contribution in [3.05, 3.63) is 47.7 Å². The Morgan fingerprint density at radius 3 is 2.67 bits per heavy atom. The third-order valence-corrected chi connectivity index (χ3v) is 5.58. The van der Waals surface area contributed by atoms with E-state index in [1.54, 1.807) is 13.0 Å². The number of rotatable bonds is 4. The summed E-state index contributed by atoms with van der Waals surface area (Å²) in [6.07, 6.45) is 3.18. The third-order valence-electron chi connectivity index (χ3n) is 5.58. The summed E-state index contributed by atoms with van der Waals surface area (Å²) in [6.45, 7) is 3.99. The van der Waals surface area contributed by atoms with Gasteiger partial charge in [-0.25, -0.2) is 5.43 Å². The summed E-state index contributed by atoms with van der Waals surface area (Å²) in [5, 5.41) is 8.33. The number of esters is 1. The molecular weight excluding hydrogens is 344 g/mol. The monoisotopic (exact) mass is 370 g/mol. The lowest BCUT2D eigenvalue weighted by atomic mass is 9.90. The molecular formula is C20H26N4O3. The van der Waals surface area contributed by atoms with Gasteiger partial charge in [0, 0.05) is 17.7 Å². The standard InChI is InChI=1S/C20H26N4O3/c1-2-27-20(26)17-18(14-6-4-3-5-7-14)23-24-15(12-16(25)22-19(17)24)13-8-10-21-11-9-13/h3-7,12-13,17-19,21,23H,2,8-11H2,1H3,(H,22,25).